The summed E-state index contributed by atoms with van der Waals surface area (Å²) in [6.45, 7) is 2.77. The van der Waals surface area contributed by atoms with Crippen molar-refractivity contribution in [3.8, 4) is 0 Å². The molecule has 0 spiro atoms. The molecule has 3 heterocycles. The summed E-state index contributed by atoms with van der Waals surface area (Å²) < 4.78 is 10.9. The number of benzene rings is 1. The molecule has 2 aromatic heterocycles. The molecule has 1 aromatic carbocycles. The van der Waals surface area contributed by atoms with E-state index in [9.17, 15) is 0 Å². The van der Waals surface area contributed by atoms with Crippen LogP contribution in [0.25, 0.3) is 23.3 Å². The van der Waals surface area contributed by atoms with Gasteiger partial charge >= 0.3 is 0 Å². The van der Waals surface area contributed by atoms with Crippen LogP contribution in [0.3, 0.4) is 0 Å². The third-order valence-corrected chi connectivity index (χ3v) is 3.95. The minimum absolute atomic E-state index is 0. The van der Waals surface area contributed by atoms with Gasteiger partial charge in [0.25, 0.3) is 5.89 Å². The van der Waals surface area contributed by atoms with E-state index < -0.39 is 0 Å². The molecule has 1 aliphatic heterocycles. The Morgan fingerprint density at radius 3 is 2.88 bits per heavy atom. The molecule has 8 heteroatoms. The molecular formula is C16H18ClN5O2. The monoisotopic (exact) mass is 347 g/mol. The highest BCUT2D eigenvalue weighted by molar-refractivity contribution is 5.85. The Morgan fingerprint density at radius 1 is 1.21 bits per heavy atom. The summed E-state index contributed by atoms with van der Waals surface area (Å²) in [4.78, 5) is 11.0. The minimum atomic E-state index is 0. The van der Waals surface area contributed by atoms with E-state index in [2.05, 4.69) is 32.4 Å². The third-order valence-electron chi connectivity index (χ3n) is 3.95. The fraction of sp³-hybridized carbons (Fsp3) is 0.312. The molecule has 1 N–H and O–H groups in total. The largest absolute Gasteiger partial charge is 0.437 e. The lowest BCUT2D eigenvalue weighted by Crippen LogP contribution is -2.44. The molecule has 1 saturated heterocycles. The van der Waals surface area contributed by atoms with Crippen LogP contribution in [0.5, 0.6) is 0 Å². The predicted molar refractivity (Wildman–Crippen MR) is 92.7 cm³/mol. The Bertz CT molecular complexity index is 811. The first-order valence-corrected chi connectivity index (χ1v) is 7.58. The highest BCUT2D eigenvalue weighted by Crippen LogP contribution is 2.19. The van der Waals surface area contributed by atoms with Crippen LogP contribution in [0.15, 0.2) is 33.2 Å². The Labute approximate surface area is 145 Å². The summed E-state index contributed by atoms with van der Waals surface area (Å²) in [6, 6.07) is 7.78. The maximum Gasteiger partial charge on any atom is 0.250 e. The number of nitrogens with one attached hydrogen (secondary N) is 1. The van der Waals surface area contributed by atoms with Crippen molar-refractivity contribution >= 4 is 35.7 Å². The van der Waals surface area contributed by atoms with Crippen LogP contribution in [0.2, 0.25) is 0 Å². The molecule has 0 aliphatic carbocycles. The van der Waals surface area contributed by atoms with E-state index in [1.165, 1.54) is 0 Å². The van der Waals surface area contributed by atoms with Crippen LogP contribution in [-0.4, -0.2) is 46.7 Å². The van der Waals surface area contributed by atoms with Gasteiger partial charge in [-0.1, -0.05) is 17.3 Å². The lowest BCUT2D eigenvalue weighted by Gasteiger charge is -2.30. The van der Waals surface area contributed by atoms with Crippen molar-refractivity contribution in [3.05, 3.63) is 41.9 Å². The van der Waals surface area contributed by atoms with Gasteiger partial charge in [0, 0.05) is 31.8 Å². The standard InChI is InChI=1S/C16H17N5O2.ClH/c1-21-9-8-17-10-12(21)16-19-15(23-20-16)7-6-14-18-11-4-2-3-5-13(11)22-14;/h2-7,12,17H,8-10H2,1H3;1H/b7-6+;. The van der Waals surface area contributed by atoms with Gasteiger partial charge in [-0.25, -0.2) is 4.98 Å². The van der Waals surface area contributed by atoms with E-state index in [1.54, 1.807) is 12.2 Å². The molecule has 1 atom stereocenters. The Hall–Kier alpha value is -2.22. The van der Waals surface area contributed by atoms with Gasteiger partial charge in [-0.05, 0) is 19.2 Å². The third kappa shape index (κ3) is 3.33. The van der Waals surface area contributed by atoms with Crippen LogP contribution >= 0.6 is 12.4 Å². The average Bonchev–Trinajstić information content (AvgIpc) is 3.19. The van der Waals surface area contributed by atoms with Crippen LogP contribution in [0.1, 0.15) is 23.6 Å². The quantitative estimate of drug-likeness (QED) is 0.779. The molecule has 7 nitrogen and oxygen atoms in total. The molecule has 4 rings (SSSR count). The number of piperazine rings is 1. The van der Waals surface area contributed by atoms with Crippen molar-refractivity contribution in [3.63, 3.8) is 0 Å². The fourth-order valence-electron chi connectivity index (χ4n) is 2.65. The molecular weight excluding hydrogens is 330 g/mol. The van der Waals surface area contributed by atoms with Crippen molar-refractivity contribution in [2.75, 3.05) is 26.7 Å². The highest BCUT2D eigenvalue weighted by atomic mass is 35.5. The van der Waals surface area contributed by atoms with Gasteiger partial charge < -0.3 is 14.3 Å². The number of halogens is 1. The van der Waals surface area contributed by atoms with Gasteiger partial charge in [0.1, 0.15) is 5.52 Å². The second-order valence-corrected chi connectivity index (χ2v) is 5.54. The number of hydrogen-bond acceptors (Lipinski definition) is 7. The lowest BCUT2D eigenvalue weighted by molar-refractivity contribution is 0.190. The molecule has 24 heavy (non-hydrogen) atoms. The smallest absolute Gasteiger partial charge is 0.250 e. The number of hydrogen-bond donors (Lipinski definition) is 1. The van der Waals surface area contributed by atoms with E-state index in [1.807, 2.05) is 24.3 Å². The van der Waals surface area contributed by atoms with Gasteiger partial charge in [0.2, 0.25) is 5.89 Å². The summed E-state index contributed by atoms with van der Waals surface area (Å²) in [5.41, 5.74) is 1.58. The maximum absolute atomic E-state index is 5.62. The lowest BCUT2D eigenvalue weighted by atomic mass is 10.2. The van der Waals surface area contributed by atoms with Gasteiger partial charge in [0.05, 0.1) is 6.04 Å². The van der Waals surface area contributed by atoms with Crippen molar-refractivity contribution in [1.82, 2.24) is 25.3 Å². The zero-order valence-electron chi connectivity index (χ0n) is 13.2. The summed E-state index contributed by atoms with van der Waals surface area (Å²) in [5.74, 6) is 1.65. The highest BCUT2D eigenvalue weighted by Gasteiger charge is 2.24. The van der Waals surface area contributed by atoms with Crippen LogP contribution in [0.4, 0.5) is 0 Å². The van der Waals surface area contributed by atoms with E-state index in [0.717, 1.165) is 30.7 Å². The molecule has 126 valence electrons. The second-order valence-electron chi connectivity index (χ2n) is 5.54. The van der Waals surface area contributed by atoms with E-state index in [-0.39, 0.29) is 18.4 Å². The minimum Gasteiger partial charge on any atom is -0.437 e. The molecule has 1 unspecified atom stereocenters. The Morgan fingerprint density at radius 2 is 2.04 bits per heavy atom. The van der Waals surface area contributed by atoms with Crippen molar-refractivity contribution in [2.24, 2.45) is 0 Å². The topological polar surface area (TPSA) is 80.2 Å². The van der Waals surface area contributed by atoms with Gasteiger partial charge in [-0.2, -0.15) is 4.98 Å². The summed E-state index contributed by atoms with van der Waals surface area (Å²) in [6.07, 6.45) is 3.46. The Balaban J connectivity index is 0.00000169. The van der Waals surface area contributed by atoms with Gasteiger partial charge in [-0.15, -0.1) is 12.4 Å². The van der Waals surface area contributed by atoms with Crippen molar-refractivity contribution < 1.29 is 8.94 Å². The van der Waals surface area contributed by atoms with Crippen molar-refractivity contribution in [2.45, 2.75) is 6.04 Å². The zero-order chi connectivity index (χ0) is 15.6. The number of oxazole rings is 1. The van der Waals surface area contributed by atoms with Crippen LogP contribution < -0.4 is 5.32 Å². The number of aromatic nitrogens is 3. The molecule has 1 aliphatic rings. The predicted octanol–water partition coefficient (Wildman–Crippen LogP) is 2.38. The SMILES string of the molecule is CN1CCNCC1c1noc(/C=C/c2nc3ccccc3o2)n1.Cl. The van der Waals surface area contributed by atoms with Crippen molar-refractivity contribution in [1.29, 1.82) is 0 Å². The second kappa shape index (κ2) is 7.12. The number of rotatable bonds is 3. The summed E-state index contributed by atoms with van der Waals surface area (Å²) >= 11 is 0. The fourth-order valence-corrected chi connectivity index (χ4v) is 2.65. The maximum atomic E-state index is 5.62. The first-order chi connectivity index (χ1) is 11.3. The van der Waals surface area contributed by atoms with E-state index in [4.69, 9.17) is 8.94 Å². The molecule has 0 radical (unpaired) electrons. The first kappa shape index (κ1) is 16.6. The zero-order valence-corrected chi connectivity index (χ0v) is 14.0. The average molecular weight is 348 g/mol. The van der Waals surface area contributed by atoms with Gasteiger partial charge in [-0.3, -0.25) is 4.90 Å². The normalized spacial score (nSPS) is 19.0. The molecule has 0 saturated carbocycles. The summed E-state index contributed by atoms with van der Waals surface area (Å²) in [7, 11) is 2.07. The number of likely N-dealkylation sites (N-methyl/N-ethyl adjacent to an activating group) is 1. The van der Waals surface area contributed by atoms with Crippen LogP contribution in [0, 0.1) is 0 Å². The van der Waals surface area contributed by atoms with Gasteiger partial charge in [0.15, 0.2) is 11.4 Å². The summed E-state index contributed by atoms with van der Waals surface area (Å²) in [5, 5.41) is 7.41. The molecule has 3 aromatic rings. The Kier molecular flexibility index (Phi) is 4.94. The molecule has 0 bridgehead atoms. The number of nitrogens with zero attached hydrogens (tertiary/aromatic N) is 4. The number of para-hydroxylation sites is 2. The van der Waals surface area contributed by atoms with E-state index >= 15 is 0 Å². The molecule has 0 amide bonds. The molecule has 1 fully saturated rings. The number of fused-ring (bicyclic) bond motifs is 1. The van der Waals surface area contributed by atoms with Crippen LogP contribution in [-0.2, 0) is 0 Å². The van der Waals surface area contributed by atoms with E-state index in [0.29, 0.717) is 17.6 Å². The first-order valence-electron chi connectivity index (χ1n) is 7.58.